The van der Waals surface area contributed by atoms with E-state index in [1.165, 1.54) is 104 Å². The third-order valence-corrected chi connectivity index (χ3v) is 16.2. The Labute approximate surface area is 442 Å². The summed E-state index contributed by atoms with van der Waals surface area (Å²) in [5.74, 6) is 0.625. The fourth-order valence-corrected chi connectivity index (χ4v) is 12.4. The van der Waals surface area contributed by atoms with Gasteiger partial charge in [0.25, 0.3) is 0 Å². The standard InChI is InChI=1S/C73H60N2/c1-73(2)70-33-18-17-30-68(70)69-45-44-63(50-71(69)73)75(62-43-40-52-22-15-16-27-58(52)46-62)65-48-59(47-64(49-65)74(60-28-13-6-14-29-60)61-41-38-53(39-42-61)51-20-7-3-8-21-51)54-34-36-57(37-35-54)72-66(55-23-9-4-10-24-55)31-19-32-67(72)56-25-11-5-12-26-56/h4-6,9-19,22-51H,3,7-8,20-21H2,1-2H3. The predicted molar refractivity (Wildman–Crippen MR) is 318 cm³/mol. The Balaban J connectivity index is 1.02. The van der Waals surface area contributed by atoms with Gasteiger partial charge in [0.1, 0.15) is 0 Å². The lowest BCUT2D eigenvalue weighted by atomic mass is 9.82. The Morgan fingerprint density at radius 2 is 0.813 bits per heavy atom. The molecule has 0 aromatic heterocycles. The molecular weight excluding hydrogens is 905 g/mol. The summed E-state index contributed by atoms with van der Waals surface area (Å²) in [6, 6.07) is 97.0. The van der Waals surface area contributed by atoms with Crippen molar-refractivity contribution in [3.8, 4) is 55.6 Å². The maximum Gasteiger partial charge on any atom is 0.0488 e. The molecule has 11 aromatic carbocycles. The van der Waals surface area contributed by atoms with Crippen molar-refractivity contribution in [3.05, 3.63) is 278 Å². The van der Waals surface area contributed by atoms with Crippen LogP contribution in [0, 0.1) is 0 Å². The summed E-state index contributed by atoms with van der Waals surface area (Å²) >= 11 is 0. The Kier molecular flexibility index (Phi) is 12.1. The van der Waals surface area contributed by atoms with E-state index in [1.54, 1.807) is 0 Å². The number of fused-ring (bicyclic) bond motifs is 4. The van der Waals surface area contributed by atoms with Crippen LogP contribution in [0.4, 0.5) is 34.1 Å². The zero-order valence-corrected chi connectivity index (χ0v) is 42.8. The first-order chi connectivity index (χ1) is 36.9. The van der Waals surface area contributed by atoms with E-state index in [2.05, 4.69) is 285 Å². The highest BCUT2D eigenvalue weighted by Crippen LogP contribution is 2.52. The lowest BCUT2D eigenvalue weighted by Gasteiger charge is -2.31. The largest absolute Gasteiger partial charge is 0.310 e. The molecule has 0 spiro atoms. The van der Waals surface area contributed by atoms with Crippen molar-refractivity contribution in [2.24, 2.45) is 0 Å². The van der Waals surface area contributed by atoms with E-state index in [0.29, 0.717) is 5.92 Å². The van der Waals surface area contributed by atoms with E-state index in [0.717, 1.165) is 45.3 Å². The molecule has 11 aromatic rings. The second-order valence-electron chi connectivity index (χ2n) is 21.1. The van der Waals surface area contributed by atoms with Gasteiger partial charge in [-0.2, -0.15) is 0 Å². The first kappa shape index (κ1) is 46.1. The average molecular weight is 965 g/mol. The molecule has 0 N–H and O–H groups in total. The van der Waals surface area contributed by atoms with Gasteiger partial charge < -0.3 is 9.80 Å². The van der Waals surface area contributed by atoms with Crippen LogP contribution in [0.15, 0.2) is 261 Å². The summed E-state index contributed by atoms with van der Waals surface area (Å²) in [6.07, 6.45) is 6.52. The highest BCUT2D eigenvalue weighted by molar-refractivity contribution is 5.96. The monoisotopic (exact) mass is 964 g/mol. The van der Waals surface area contributed by atoms with Crippen molar-refractivity contribution in [1.82, 2.24) is 0 Å². The molecule has 0 saturated heterocycles. The summed E-state index contributed by atoms with van der Waals surface area (Å²) in [7, 11) is 0. The first-order valence-electron chi connectivity index (χ1n) is 26.9. The van der Waals surface area contributed by atoms with Crippen molar-refractivity contribution in [2.75, 3.05) is 9.80 Å². The molecular formula is C73H60N2. The molecule has 0 unspecified atom stereocenters. The smallest absolute Gasteiger partial charge is 0.0488 e. The average Bonchev–Trinajstić information content (AvgIpc) is 3.71. The molecule has 0 atom stereocenters. The zero-order valence-electron chi connectivity index (χ0n) is 42.8. The van der Waals surface area contributed by atoms with Gasteiger partial charge in [-0.05, 0) is 169 Å². The summed E-state index contributed by atoms with van der Waals surface area (Å²) in [4.78, 5) is 4.94. The Bertz CT molecular complexity index is 3760. The van der Waals surface area contributed by atoms with E-state index in [-0.39, 0.29) is 5.41 Å². The minimum atomic E-state index is -0.168. The highest BCUT2D eigenvalue weighted by atomic mass is 15.2. The number of hydrogen-bond donors (Lipinski definition) is 0. The van der Waals surface area contributed by atoms with Gasteiger partial charge in [-0.15, -0.1) is 0 Å². The summed E-state index contributed by atoms with van der Waals surface area (Å²) < 4.78 is 0. The van der Waals surface area contributed by atoms with Crippen molar-refractivity contribution >= 4 is 44.9 Å². The number of anilines is 6. The van der Waals surface area contributed by atoms with Crippen LogP contribution in [-0.2, 0) is 5.41 Å². The third-order valence-electron chi connectivity index (χ3n) is 16.2. The van der Waals surface area contributed by atoms with Crippen LogP contribution in [-0.4, -0.2) is 0 Å². The second-order valence-corrected chi connectivity index (χ2v) is 21.1. The maximum absolute atomic E-state index is 2.49. The maximum atomic E-state index is 2.49. The van der Waals surface area contributed by atoms with Gasteiger partial charge in [0.15, 0.2) is 0 Å². The molecule has 2 heteroatoms. The fourth-order valence-electron chi connectivity index (χ4n) is 12.4. The molecule has 2 nitrogen and oxygen atoms in total. The van der Waals surface area contributed by atoms with Gasteiger partial charge in [-0.1, -0.05) is 227 Å². The van der Waals surface area contributed by atoms with E-state index >= 15 is 0 Å². The molecule has 13 rings (SSSR count). The van der Waals surface area contributed by atoms with Gasteiger partial charge >= 0.3 is 0 Å². The number of hydrogen-bond acceptors (Lipinski definition) is 2. The molecule has 0 bridgehead atoms. The van der Waals surface area contributed by atoms with Gasteiger partial charge in [-0.25, -0.2) is 0 Å². The van der Waals surface area contributed by atoms with Crippen molar-refractivity contribution in [3.63, 3.8) is 0 Å². The topological polar surface area (TPSA) is 6.48 Å². The minimum absolute atomic E-state index is 0.168. The van der Waals surface area contributed by atoms with E-state index in [1.807, 2.05) is 0 Å². The Hall–Kier alpha value is -8.72. The van der Waals surface area contributed by atoms with Gasteiger partial charge in [-0.3, -0.25) is 0 Å². The number of rotatable bonds is 11. The number of benzene rings is 11. The number of nitrogens with zero attached hydrogens (tertiary/aromatic N) is 2. The Morgan fingerprint density at radius 1 is 0.307 bits per heavy atom. The van der Waals surface area contributed by atoms with Crippen LogP contribution in [0.5, 0.6) is 0 Å². The van der Waals surface area contributed by atoms with Crippen LogP contribution >= 0.6 is 0 Å². The molecule has 0 amide bonds. The number of para-hydroxylation sites is 1. The van der Waals surface area contributed by atoms with E-state index in [4.69, 9.17) is 0 Å². The van der Waals surface area contributed by atoms with Crippen molar-refractivity contribution in [1.29, 1.82) is 0 Å². The SMILES string of the molecule is CC1(C)c2ccccc2-c2ccc(N(c3cc(-c4ccc(-c5c(-c6ccccc6)cccc5-c5ccccc5)cc4)cc(N(c4ccccc4)c4ccc(C5CCCCC5)cc4)c3)c3ccc4ccccc4c3)cc21. The van der Waals surface area contributed by atoms with Gasteiger partial charge in [0, 0.05) is 39.5 Å². The Morgan fingerprint density at radius 3 is 1.49 bits per heavy atom. The molecule has 1 fully saturated rings. The quantitative estimate of drug-likeness (QED) is 0.127. The minimum Gasteiger partial charge on any atom is -0.310 e. The summed E-state index contributed by atoms with van der Waals surface area (Å²) in [5, 5.41) is 2.42. The van der Waals surface area contributed by atoms with E-state index in [9.17, 15) is 0 Å². The molecule has 2 aliphatic carbocycles. The van der Waals surface area contributed by atoms with Gasteiger partial charge in [0.2, 0.25) is 0 Å². The van der Waals surface area contributed by atoms with E-state index < -0.39 is 0 Å². The molecule has 0 heterocycles. The summed E-state index contributed by atoms with van der Waals surface area (Å²) in [5.41, 5.74) is 22.8. The molecule has 1 saturated carbocycles. The van der Waals surface area contributed by atoms with Crippen LogP contribution in [0.25, 0.3) is 66.4 Å². The lowest BCUT2D eigenvalue weighted by molar-refractivity contribution is 0.443. The van der Waals surface area contributed by atoms with Crippen molar-refractivity contribution < 1.29 is 0 Å². The third kappa shape index (κ3) is 8.71. The molecule has 0 aliphatic heterocycles. The van der Waals surface area contributed by atoms with Gasteiger partial charge in [0.05, 0.1) is 0 Å². The second kappa shape index (κ2) is 19.6. The molecule has 0 radical (unpaired) electrons. The lowest BCUT2D eigenvalue weighted by Crippen LogP contribution is -2.17. The molecule has 75 heavy (non-hydrogen) atoms. The van der Waals surface area contributed by atoms with Crippen molar-refractivity contribution in [2.45, 2.75) is 57.3 Å². The molecule has 2 aliphatic rings. The van der Waals surface area contributed by atoms with Crippen LogP contribution in [0.2, 0.25) is 0 Å². The normalized spacial score (nSPS) is 13.8. The fraction of sp³-hybridized carbons (Fsp3) is 0.123. The van der Waals surface area contributed by atoms with Crippen LogP contribution < -0.4 is 9.80 Å². The highest BCUT2D eigenvalue weighted by Gasteiger charge is 2.36. The van der Waals surface area contributed by atoms with Crippen LogP contribution in [0.3, 0.4) is 0 Å². The predicted octanol–water partition coefficient (Wildman–Crippen LogP) is 20.8. The van der Waals surface area contributed by atoms with Crippen LogP contribution in [0.1, 0.15) is 68.6 Å². The molecule has 362 valence electrons. The zero-order chi connectivity index (χ0) is 50.3. The summed E-state index contributed by atoms with van der Waals surface area (Å²) in [6.45, 7) is 4.76. The first-order valence-corrected chi connectivity index (χ1v) is 26.9.